The lowest BCUT2D eigenvalue weighted by Crippen LogP contribution is -1.93. The molecule has 3 heteroatoms. The summed E-state index contributed by atoms with van der Waals surface area (Å²) in [4.78, 5) is 10.4. The van der Waals surface area contributed by atoms with E-state index >= 15 is 0 Å². The van der Waals surface area contributed by atoms with E-state index in [0.29, 0.717) is 6.42 Å². The molecule has 0 amide bonds. The van der Waals surface area contributed by atoms with Crippen molar-refractivity contribution in [3.05, 3.63) is 12.2 Å². The van der Waals surface area contributed by atoms with Gasteiger partial charge in [0.1, 0.15) is 0 Å². The Balaban J connectivity index is 0. The van der Waals surface area contributed by atoms with Crippen molar-refractivity contribution < 1.29 is 9.90 Å². The van der Waals surface area contributed by atoms with E-state index in [1.807, 2.05) is 0 Å². The molecule has 0 aromatic carbocycles. The minimum absolute atomic E-state index is 0. The van der Waals surface area contributed by atoms with Crippen LogP contribution < -0.4 is 0 Å². The summed E-state index contributed by atoms with van der Waals surface area (Å²) in [6, 6.07) is 0. The third kappa shape index (κ3) is 26.1. The molecule has 0 aliphatic heterocycles. The fraction of sp³-hybridized carbons (Fsp3) is 0.864. The number of carboxylic acid groups (broad SMARTS) is 1. The highest BCUT2D eigenvalue weighted by Crippen LogP contribution is 2.12. The van der Waals surface area contributed by atoms with Gasteiger partial charge in [0, 0.05) is 6.42 Å². The smallest absolute Gasteiger partial charge is 0.303 e. The van der Waals surface area contributed by atoms with E-state index in [1.54, 1.807) is 0 Å². The molecule has 0 saturated carbocycles. The zero-order chi connectivity index (χ0) is 17.7. The number of allylic oxidation sites excluding steroid dienone is 2. The summed E-state index contributed by atoms with van der Waals surface area (Å²) in [5, 5.41) is 8.55. The number of carboxylic acids is 1. The summed E-state index contributed by atoms with van der Waals surface area (Å²) in [7, 11) is 0. The molecule has 0 aliphatic rings. The second kappa shape index (κ2) is 23.7. The monoisotopic (exact) mass is 368 g/mol. The molecule has 0 bridgehead atoms. The first-order valence-corrected chi connectivity index (χ1v) is 10.6. The average molecular weight is 369 g/mol. The third-order valence-electron chi connectivity index (χ3n) is 4.65. The molecule has 0 aliphatic carbocycles. The van der Waals surface area contributed by atoms with Crippen molar-refractivity contribution in [2.45, 2.75) is 122 Å². The van der Waals surface area contributed by atoms with Crippen molar-refractivity contribution in [2.75, 3.05) is 0 Å². The Morgan fingerprint density at radius 2 is 1.00 bits per heavy atom. The molecule has 0 spiro atoms. The predicted molar refractivity (Wildman–Crippen MR) is 115 cm³/mol. The van der Waals surface area contributed by atoms with E-state index in [-0.39, 0.29) is 17.4 Å². The van der Waals surface area contributed by atoms with Gasteiger partial charge in [-0.1, -0.05) is 96.1 Å². The summed E-state index contributed by atoms with van der Waals surface area (Å²) in [5.74, 6) is -0.656. The van der Waals surface area contributed by atoms with Crippen LogP contribution in [-0.4, -0.2) is 28.4 Å². The van der Waals surface area contributed by atoms with Crippen molar-refractivity contribution in [1.82, 2.24) is 0 Å². The minimum Gasteiger partial charge on any atom is -0.481 e. The summed E-state index contributed by atoms with van der Waals surface area (Å²) >= 11 is 0. The van der Waals surface area contributed by atoms with Gasteiger partial charge in [-0.05, 0) is 32.1 Å². The highest BCUT2D eigenvalue weighted by Gasteiger charge is 1.96. The lowest BCUT2D eigenvalue weighted by Gasteiger charge is -2.01. The van der Waals surface area contributed by atoms with Crippen LogP contribution in [0.5, 0.6) is 0 Å². The standard InChI is InChI=1S/C22H42O2.Al.3H/c1-2-3-4-5-6-7-8-9-10-11-12-13-14-15-16-17-18-19-20-21-22(23)24;;;;/h9-10H,2-8,11-21H2,1H3,(H,23,24);;;;/b10-9-;;;;. The number of carbonyl (C=O) groups is 1. The maximum Gasteiger partial charge on any atom is 0.303 e. The second-order valence-electron chi connectivity index (χ2n) is 7.14. The zero-order valence-electron chi connectivity index (χ0n) is 16.2. The Labute approximate surface area is 168 Å². The second-order valence-corrected chi connectivity index (χ2v) is 7.14. The normalized spacial score (nSPS) is 10.9. The molecule has 0 rings (SSSR count). The first-order valence-electron chi connectivity index (χ1n) is 10.6. The zero-order valence-corrected chi connectivity index (χ0v) is 16.2. The average Bonchev–Trinajstić information content (AvgIpc) is 2.56. The Hall–Kier alpha value is -0.258. The van der Waals surface area contributed by atoms with E-state index in [2.05, 4.69) is 19.1 Å². The molecular formula is C22H45AlO2. The Kier molecular flexibility index (Phi) is 25.6. The van der Waals surface area contributed by atoms with E-state index in [1.165, 1.54) is 96.3 Å². The van der Waals surface area contributed by atoms with Gasteiger partial charge < -0.3 is 5.11 Å². The molecule has 0 aromatic rings. The molecule has 0 heterocycles. The van der Waals surface area contributed by atoms with Crippen LogP contribution in [0, 0.1) is 0 Å². The molecule has 0 radical (unpaired) electrons. The van der Waals surface area contributed by atoms with Crippen LogP contribution in [0.4, 0.5) is 0 Å². The minimum atomic E-state index is -0.656. The van der Waals surface area contributed by atoms with Gasteiger partial charge in [-0.2, -0.15) is 0 Å². The number of hydrogen-bond donors (Lipinski definition) is 1. The quantitative estimate of drug-likeness (QED) is 0.161. The summed E-state index contributed by atoms with van der Waals surface area (Å²) in [6.45, 7) is 2.27. The van der Waals surface area contributed by atoms with Crippen molar-refractivity contribution in [1.29, 1.82) is 0 Å². The fourth-order valence-electron chi connectivity index (χ4n) is 3.05. The largest absolute Gasteiger partial charge is 0.481 e. The molecule has 0 aromatic heterocycles. The number of aliphatic carboxylic acids is 1. The summed E-state index contributed by atoms with van der Waals surface area (Å²) < 4.78 is 0. The van der Waals surface area contributed by atoms with E-state index in [0.717, 1.165) is 12.8 Å². The van der Waals surface area contributed by atoms with Crippen molar-refractivity contribution >= 4 is 23.3 Å². The van der Waals surface area contributed by atoms with Crippen LogP contribution in [0.25, 0.3) is 0 Å². The highest BCUT2D eigenvalue weighted by atomic mass is 27.0. The summed E-state index contributed by atoms with van der Waals surface area (Å²) in [6.07, 6.45) is 27.1. The lowest BCUT2D eigenvalue weighted by molar-refractivity contribution is -0.137. The first kappa shape index (κ1) is 27.0. The molecule has 148 valence electrons. The van der Waals surface area contributed by atoms with Crippen LogP contribution >= 0.6 is 0 Å². The molecule has 2 nitrogen and oxygen atoms in total. The fourth-order valence-corrected chi connectivity index (χ4v) is 3.05. The third-order valence-corrected chi connectivity index (χ3v) is 4.65. The maximum absolute atomic E-state index is 10.4. The Morgan fingerprint density at radius 1 is 0.640 bits per heavy atom. The Bertz CT molecular complexity index is 290. The van der Waals surface area contributed by atoms with Crippen molar-refractivity contribution in [2.24, 2.45) is 0 Å². The predicted octanol–water partition coefficient (Wildman–Crippen LogP) is 6.49. The summed E-state index contributed by atoms with van der Waals surface area (Å²) in [5.41, 5.74) is 0. The van der Waals surface area contributed by atoms with Crippen LogP contribution in [0.1, 0.15) is 122 Å². The molecule has 0 atom stereocenters. The van der Waals surface area contributed by atoms with E-state index in [4.69, 9.17) is 5.11 Å². The van der Waals surface area contributed by atoms with Gasteiger partial charge >= 0.3 is 5.97 Å². The SMILES string of the molecule is CCCCCCCC/C=C\CCCCCCCCCCCC(=O)O.[AlH3]. The molecule has 1 N–H and O–H groups in total. The number of hydrogen-bond acceptors (Lipinski definition) is 1. The van der Waals surface area contributed by atoms with Gasteiger partial charge in [0.15, 0.2) is 17.4 Å². The van der Waals surface area contributed by atoms with Crippen LogP contribution in [0.2, 0.25) is 0 Å². The topological polar surface area (TPSA) is 37.3 Å². The van der Waals surface area contributed by atoms with Crippen molar-refractivity contribution in [3.63, 3.8) is 0 Å². The highest BCUT2D eigenvalue weighted by molar-refractivity contribution is 5.75. The maximum atomic E-state index is 10.4. The molecule has 0 fully saturated rings. The van der Waals surface area contributed by atoms with Crippen LogP contribution in [-0.2, 0) is 4.79 Å². The molecule has 0 saturated heterocycles. The van der Waals surface area contributed by atoms with Gasteiger partial charge in [0.25, 0.3) is 0 Å². The number of rotatable bonds is 19. The molecule has 0 unspecified atom stereocenters. The van der Waals surface area contributed by atoms with E-state index in [9.17, 15) is 4.79 Å². The molecular weight excluding hydrogens is 323 g/mol. The van der Waals surface area contributed by atoms with Gasteiger partial charge in [0.05, 0.1) is 0 Å². The number of unbranched alkanes of at least 4 members (excludes halogenated alkanes) is 15. The van der Waals surface area contributed by atoms with Gasteiger partial charge in [0.2, 0.25) is 0 Å². The first-order chi connectivity index (χ1) is 11.8. The van der Waals surface area contributed by atoms with Gasteiger partial charge in [-0.15, -0.1) is 0 Å². The van der Waals surface area contributed by atoms with Crippen LogP contribution in [0.15, 0.2) is 12.2 Å². The van der Waals surface area contributed by atoms with E-state index < -0.39 is 5.97 Å². The molecule has 25 heavy (non-hydrogen) atoms. The Morgan fingerprint density at radius 3 is 1.40 bits per heavy atom. The van der Waals surface area contributed by atoms with Gasteiger partial charge in [-0.25, -0.2) is 0 Å². The van der Waals surface area contributed by atoms with Gasteiger partial charge in [-0.3, -0.25) is 4.79 Å². The van der Waals surface area contributed by atoms with Crippen LogP contribution in [0.3, 0.4) is 0 Å². The van der Waals surface area contributed by atoms with Crippen molar-refractivity contribution in [3.8, 4) is 0 Å². The lowest BCUT2D eigenvalue weighted by atomic mass is 10.1.